The van der Waals surface area contributed by atoms with Gasteiger partial charge in [0, 0.05) is 11.2 Å². The molecule has 0 radical (unpaired) electrons. The summed E-state index contributed by atoms with van der Waals surface area (Å²) in [4.78, 5) is 15.8. The zero-order chi connectivity index (χ0) is 14.5. The lowest BCUT2D eigenvalue weighted by atomic mass is 10.2. The molecular weight excluding hydrogens is 290 g/mol. The molecule has 1 heterocycles. The molecule has 0 spiro atoms. The lowest BCUT2D eigenvalue weighted by Gasteiger charge is -2.11. The van der Waals surface area contributed by atoms with Gasteiger partial charge >= 0.3 is 6.61 Å². The Morgan fingerprint density at radius 3 is 2.75 bits per heavy atom. The minimum Gasteiger partial charge on any atom is -0.433 e. The fourth-order valence-corrected chi connectivity index (χ4v) is 1.64. The van der Waals surface area contributed by atoms with Crippen molar-refractivity contribution in [3.05, 3.63) is 53.3 Å². The van der Waals surface area contributed by atoms with Crippen LogP contribution in [-0.2, 0) is 0 Å². The highest BCUT2D eigenvalue weighted by atomic mass is 35.5. The van der Waals surface area contributed by atoms with Gasteiger partial charge in [0.2, 0.25) is 0 Å². The van der Waals surface area contributed by atoms with E-state index >= 15 is 0 Å². The third kappa shape index (κ3) is 3.64. The lowest BCUT2D eigenvalue weighted by Crippen LogP contribution is -2.15. The van der Waals surface area contributed by atoms with E-state index in [1.165, 1.54) is 36.5 Å². The highest BCUT2D eigenvalue weighted by Gasteiger charge is 2.13. The van der Waals surface area contributed by atoms with Crippen LogP contribution in [0.15, 0.2) is 42.6 Å². The van der Waals surface area contributed by atoms with Crippen molar-refractivity contribution >= 4 is 23.2 Å². The molecule has 0 aliphatic rings. The van der Waals surface area contributed by atoms with Gasteiger partial charge < -0.3 is 10.1 Å². The van der Waals surface area contributed by atoms with Crippen LogP contribution in [-0.4, -0.2) is 17.5 Å². The number of para-hydroxylation sites is 2. The van der Waals surface area contributed by atoms with E-state index < -0.39 is 12.5 Å². The summed E-state index contributed by atoms with van der Waals surface area (Å²) in [5.41, 5.74) is 0.198. The zero-order valence-electron chi connectivity index (χ0n) is 10.0. The Kier molecular flexibility index (Phi) is 4.47. The number of pyridine rings is 1. The summed E-state index contributed by atoms with van der Waals surface area (Å²) in [5.74, 6) is -0.698. The van der Waals surface area contributed by atoms with Gasteiger partial charge in [0.05, 0.1) is 5.69 Å². The topological polar surface area (TPSA) is 51.2 Å². The van der Waals surface area contributed by atoms with Crippen molar-refractivity contribution in [1.29, 1.82) is 0 Å². The van der Waals surface area contributed by atoms with E-state index in [1.807, 2.05) is 0 Å². The van der Waals surface area contributed by atoms with Crippen molar-refractivity contribution in [2.45, 2.75) is 6.61 Å². The molecule has 7 heteroatoms. The maximum absolute atomic E-state index is 12.2. The summed E-state index contributed by atoms with van der Waals surface area (Å²) in [6, 6.07) is 8.76. The van der Waals surface area contributed by atoms with Gasteiger partial charge in [0.15, 0.2) is 0 Å². The quantitative estimate of drug-likeness (QED) is 0.938. The second kappa shape index (κ2) is 6.29. The number of rotatable bonds is 4. The van der Waals surface area contributed by atoms with Gasteiger partial charge in [-0.15, -0.1) is 0 Å². The van der Waals surface area contributed by atoms with Crippen molar-refractivity contribution in [3.8, 4) is 5.75 Å². The number of hydrogen-bond donors (Lipinski definition) is 1. The van der Waals surface area contributed by atoms with E-state index in [2.05, 4.69) is 15.0 Å². The van der Waals surface area contributed by atoms with Crippen LogP contribution >= 0.6 is 11.6 Å². The van der Waals surface area contributed by atoms with Gasteiger partial charge in [0.25, 0.3) is 5.91 Å². The molecule has 2 aromatic rings. The van der Waals surface area contributed by atoms with E-state index in [1.54, 1.807) is 6.07 Å². The predicted octanol–water partition coefficient (Wildman–Crippen LogP) is 3.59. The Morgan fingerprint density at radius 2 is 2.05 bits per heavy atom. The van der Waals surface area contributed by atoms with Gasteiger partial charge in [0.1, 0.15) is 11.4 Å². The van der Waals surface area contributed by atoms with E-state index in [-0.39, 0.29) is 17.1 Å². The molecule has 0 bridgehead atoms. The summed E-state index contributed by atoms with van der Waals surface area (Å²) in [6.45, 7) is -2.97. The maximum atomic E-state index is 12.2. The summed E-state index contributed by atoms with van der Waals surface area (Å²) in [5, 5.41) is 2.79. The second-order valence-electron chi connectivity index (χ2n) is 3.69. The monoisotopic (exact) mass is 298 g/mol. The largest absolute Gasteiger partial charge is 0.433 e. The number of aromatic nitrogens is 1. The molecule has 2 rings (SSSR count). The molecule has 1 aromatic carbocycles. The smallest absolute Gasteiger partial charge is 0.387 e. The van der Waals surface area contributed by atoms with E-state index in [4.69, 9.17) is 11.6 Å². The third-order valence-corrected chi connectivity index (χ3v) is 2.54. The van der Waals surface area contributed by atoms with Gasteiger partial charge in [-0.2, -0.15) is 8.78 Å². The molecule has 1 N–H and O–H groups in total. The minimum absolute atomic E-state index is 0.0735. The van der Waals surface area contributed by atoms with Crippen LogP contribution in [0.25, 0.3) is 0 Å². The lowest BCUT2D eigenvalue weighted by molar-refractivity contribution is -0.0493. The van der Waals surface area contributed by atoms with Gasteiger partial charge in [-0.3, -0.25) is 9.78 Å². The summed E-state index contributed by atoms with van der Waals surface area (Å²) in [7, 11) is 0. The predicted molar refractivity (Wildman–Crippen MR) is 70.3 cm³/mol. The highest BCUT2D eigenvalue weighted by molar-refractivity contribution is 6.30. The van der Waals surface area contributed by atoms with E-state index in [9.17, 15) is 13.6 Å². The maximum Gasteiger partial charge on any atom is 0.387 e. The van der Waals surface area contributed by atoms with Gasteiger partial charge in [-0.1, -0.05) is 23.7 Å². The molecule has 0 saturated carbocycles. The van der Waals surface area contributed by atoms with Crippen molar-refractivity contribution in [1.82, 2.24) is 4.98 Å². The van der Waals surface area contributed by atoms with E-state index in [0.717, 1.165) is 0 Å². The summed E-state index contributed by atoms with van der Waals surface area (Å²) < 4.78 is 28.8. The zero-order valence-corrected chi connectivity index (χ0v) is 10.8. The van der Waals surface area contributed by atoms with Crippen LogP contribution in [0.3, 0.4) is 0 Å². The minimum atomic E-state index is -2.97. The molecule has 0 fully saturated rings. The number of hydrogen-bond acceptors (Lipinski definition) is 3. The van der Waals surface area contributed by atoms with Gasteiger partial charge in [-0.05, 0) is 24.3 Å². The normalized spacial score (nSPS) is 10.4. The Labute approximate surface area is 118 Å². The van der Waals surface area contributed by atoms with Crippen LogP contribution in [0.1, 0.15) is 10.5 Å². The highest BCUT2D eigenvalue weighted by Crippen LogP contribution is 2.26. The Morgan fingerprint density at radius 1 is 1.30 bits per heavy atom. The fraction of sp³-hybridized carbons (Fsp3) is 0.0769. The average Bonchev–Trinajstić information content (AvgIpc) is 2.40. The van der Waals surface area contributed by atoms with Crippen LogP contribution in [0.5, 0.6) is 5.75 Å². The molecule has 4 nitrogen and oxygen atoms in total. The Balaban J connectivity index is 2.19. The number of halogens is 3. The van der Waals surface area contributed by atoms with Gasteiger partial charge in [-0.25, -0.2) is 0 Å². The number of nitrogens with zero attached hydrogens (tertiary/aromatic N) is 1. The number of nitrogens with one attached hydrogen (secondary N) is 1. The van der Waals surface area contributed by atoms with Crippen molar-refractivity contribution in [2.24, 2.45) is 0 Å². The molecule has 104 valence electrons. The van der Waals surface area contributed by atoms with Crippen molar-refractivity contribution in [3.63, 3.8) is 0 Å². The van der Waals surface area contributed by atoms with Crippen LogP contribution in [0.4, 0.5) is 14.5 Å². The molecule has 1 amide bonds. The van der Waals surface area contributed by atoms with Crippen molar-refractivity contribution < 1.29 is 18.3 Å². The Hall–Kier alpha value is -2.21. The van der Waals surface area contributed by atoms with Crippen LogP contribution in [0.2, 0.25) is 5.02 Å². The first-order chi connectivity index (χ1) is 9.56. The second-order valence-corrected chi connectivity index (χ2v) is 4.12. The fourth-order valence-electron chi connectivity index (χ4n) is 1.48. The first-order valence-electron chi connectivity index (χ1n) is 5.53. The molecular formula is C13H9ClF2N2O2. The number of amides is 1. The molecule has 0 aliphatic heterocycles. The summed E-state index contributed by atoms with van der Waals surface area (Å²) >= 11 is 5.75. The number of alkyl halides is 2. The van der Waals surface area contributed by atoms with Crippen LogP contribution < -0.4 is 10.1 Å². The Bertz CT molecular complexity index is 623. The molecule has 1 aromatic heterocycles. The molecule has 0 saturated heterocycles. The van der Waals surface area contributed by atoms with Crippen molar-refractivity contribution in [2.75, 3.05) is 5.32 Å². The molecule has 20 heavy (non-hydrogen) atoms. The number of carbonyl (C=O) groups excluding carboxylic acids is 1. The first-order valence-corrected chi connectivity index (χ1v) is 5.91. The molecule has 0 aliphatic carbocycles. The van der Waals surface area contributed by atoms with E-state index in [0.29, 0.717) is 5.02 Å². The summed E-state index contributed by atoms with van der Waals surface area (Å²) in [6.07, 6.45) is 1.37. The number of carbonyl (C=O) groups is 1. The molecule has 0 unspecified atom stereocenters. The molecule has 0 atom stereocenters. The standard InChI is InChI=1S/C13H9ClF2N2O2/c14-8-5-6-17-10(7-8)12(19)18-9-3-1-2-4-11(9)20-13(15)16/h1-7,13H,(H,18,19). The van der Waals surface area contributed by atoms with Crippen LogP contribution in [0, 0.1) is 0 Å². The third-order valence-electron chi connectivity index (χ3n) is 2.31. The number of anilines is 1. The average molecular weight is 299 g/mol. The number of ether oxygens (including phenoxy) is 1. The number of benzene rings is 1. The SMILES string of the molecule is O=C(Nc1ccccc1OC(F)F)c1cc(Cl)ccn1. The first kappa shape index (κ1) is 14.2.